The van der Waals surface area contributed by atoms with Crippen LogP contribution in [0.1, 0.15) is 0 Å². The van der Waals surface area contributed by atoms with Crippen LogP contribution in [0.2, 0.25) is 0 Å². The van der Waals surface area contributed by atoms with Gasteiger partial charge >= 0.3 is 0 Å². The van der Waals surface area contributed by atoms with Crippen molar-refractivity contribution in [3.63, 3.8) is 0 Å². The molecule has 1 fully saturated rings. The van der Waals surface area contributed by atoms with Gasteiger partial charge in [-0.1, -0.05) is 0 Å². The van der Waals surface area contributed by atoms with Gasteiger partial charge in [0.15, 0.2) is 5.84 Å². The van der Waals surface area contributed by atoms with Crippen LogP contribution in [-0.2, 0) is 4.79 Å². The Hall–Kier alpha value is -0.860. The van der Waals surface area contributed by atoms with Gasteiger partial charge in [-0.2, -0.15) is 0 Å². The van der Waals surface area contributed by atoms with E-state index in [4.69, 9.17) is 0 Å². The van der Waals surface area contributed by atoms with Gasteiger partial charge in [-0.15, -0.1) is 0 Å². The molecule has 0 bridgehead atoms. The Labute approximate surface area is 40.6 Å². The first-order valence-corrected chi connectivity index (χ1v) is 2.26. The van der Waals surface area contributed by atoms with Gasteiger partial charge in [0.2, 0.25) is 0 Å². The van der Waals surface area contributed by atoms with Gasteiger partial charge in [-0.25, -0.2) is 0 Å². The van der Waals surface area contributed by atoms with Crippen LogP contribution < -0.4 is 0 Å². The summed E-state index contributed by atoms with van der Waals surface area (Å²) in [4.78, 5) is 15.9. The van der Waals surface area contributed by atoms with Gasteiger partial charge in [0.05, 0.1) is 6.54 Å². The second-order valence-corrected chi connectivity index (χ2v) is 1.66. The highest BCUT2D eigenvalue weighted by Crippen LogP contribution is 2.16. The monoisotopic (exact) mass is 96.0 g/mol. The molecule has 1 saturated heterocycles. The minimum absolute atomic E-state index is 0.131. The van der Waals surface area contributed by atoms with E-state index in [-0.39, 0.29) is 5.91 Å². The normalized spacial score (nSPS) is 24.9. The van der Waals surface area contributed by atoms with E-state index in [0.29, 0.717) is 5.84 Å². The molecule has 0 aromatic carbocycles. The molecule has 0 saturated carbocycles. The standard InChI is InChI=1S/C4H4N2O/c7-4-3-5-1-2-6(3)4/h1-2H2. The smallest absolute Gasteiger partial charge is 0.284 e. The van der Waals surface area contributed by atoms with E-state index < -0.39 is 0 Å². The van der Waals surface area contributed by atoms with E-state index in [0.717, 1.165) is 13.1 Å². The summed E-state index contributed by atoms with van der Waals surface area (Å²) in [6.45, 7) is 1.65. The van der Waals surface area contributed by atoms with Crippen molar-refractivity contribution in [3.8, 4) is 0 Å². The molecule has 0 unspecified atom stereocenters. The third kappa shape index (κ3) is 0.221. The first kappa shape index (κ1) is 3.18. The molecule has 0 N–H and O–H groups in total. The molecular weight excluding hydrogens is 92.1 g/mol. The van der Waals surface area contributed by atoms with Gasteiger partial charge in [0, 0.05) is 6.54 Å². The number of hydrogen-bond donors (Lipinski definition) is 0. The summed E-state index contributed by atoms with van der Waals surface area (Å²) in [5.41, 5.74) is 0. The molecule has 3 nitrogen and oxygen atoms in total. The molecule has 0 atom stereocenters. The first-order chi connectivity index (χ1) is 3.39. The molecule has 2 aliphatic heterocycles. The van der Waals surface area contributed by atoms with Crippen molar-refractivity contribution >= 4 is 11.7 Å². The molecule has 0 aromatic rings. The molecule has 1 amide bonds. The highest BCUT2D eigenvalue weighted by Gasteiger charge is 2.44. The van der Waals surface area contributed by atoms with E-state index in [1.807, 2.05) is 0 Å². The lowest BCUT2D eigenvalue weighted by molar-refractivity contribution is -0.112. The number of hydrogen-bond acceptors (Lipinski definition) is 2. The van der Waals surface area contributed by atoms with Crippen molar-refractivity contribution in [1.82, 2.24) is 4.90 Å². The van der Waals surface area contributed by atoms with Crippen molar-refractivity contribution in [3.05, 3.63) is 0 Å². The van der Waals surface area contributed by atoms with Crippen molar-refractivity contribution in [1.29, 1.82) is 0 Å². The van der Waals surface area contributed by atoms with Gasteiger partial charge < -0.3 is 0 Å². The summed E-state index contributed by atoms with van der Waals surface area (Å²) in [6.07, 6.45) is 0. The Morgan fingerprint density at radius 3 is 2.86 bits per heavy atom. The van der Waals surface area contributed by atoms with Crippen LogP contribution in [0.4, 0.5) is 0 Å². The number of carbonyl (C=O) groups excluding carboxylic acids is 1. The zero-order valence-electron chi connectivity index (χ0n) is 3.72. The van der Waals surface area contributed by atoms with E-state index >= 15 is 0 Å². The predicted octanol–water partition coefficient (Wildman–Crippen LogP) is -0.759. The summed E-state index contributed by atoms with van der Waals surface area (Å²) in [5, 5.41) is 0. The molecule has 0 radical (unpaired) electrons. The zero-order valence-corrected chi connectivity index (χ0v) is 3.72. The topological polar surface area (TPSA) is 32.4 Å². The van der Waals surface area contributed by atoms with Crippen LogP contribution in [0.5, 0.6) is 0 Å². The van der Waals surface area contributed by atoms with Gasteiger partial charge in [0.25, 0.3) is 5.91 Å². The maximum absolute atomic E-state index is 10.3. The SMILES string of the molecule is O=C1C2=NCCN12. The third-order valence-corrected chi connectivity index (χ3v) is 1.23. The maximum Gasteiger partial charge on any atom is 0.295 e. The van der Waals surface area contributed by atoms with Gasteiger partial charge in [-0.05, 0) is 0 Å². The highest BCUT2D eigenvalue weighted by atomic mass is 16.2. The van der Waals surface area contributed by atoms with Crippen molar-refractivity contribution in [2.45, 2.75) is 0 Å². The molecule has 2 heterocycles. The number of amides is 1. The quantitative estimate of drug-likeness (QED) is 0.365. The van der Waals surface area contributed by atoms with Crippen molar-refractivity contribution in [2.75, 3.05) is 13.1 Å². The van der Waals surface area contributed by atoms with E-state index in [1.165, 1.54) is 0 Å². The van der Waals surface area contributed by atoms with Crippen LogP contribution in [0.25, 0.3) is 0 Å². The second-order valence-electron chi connectivity index (χ2n) is 1.66. The Morgan fingerprint density at radius 1 is 1.71 bits per heavy atom. The van der Waals surface area contributed by atoms with Crippen molar-refractivity contribution in [2.24, 2.45) is 4.99 Å². The summed E-state index contributed by atoms with van der Waals surface area (Å²) < 4.78 is 0. The Bertz CT molecular complexity index is 161. The molecule has 7 heavy (non-hydrogen) atoms. The third-order valence-electron chi connectivity index (χ3n) is 1.23. The number of fused-ring (bicyclic) bond motifs is 1. The molecule has 0 spiro atoms. The summed E-state index contributed by atoms with van der Waals surface area (Å²) in [7, 11) is 0. The average molecular weight is 96.1 g/mol. The minimum Gasteiger partial charge on any atom is -0.284 e. The number of nitrogens with zero attached hydrogens (tertiary/aromatic N) is 2. The zero-order chi connectivity index (χ0) is 4.85. The first-order valence-electron chi connectivity index (χ1n) is 2.26. The minimum atomic E-state index is 0.131. The van der Waals surface area contributed by atoms with Crippen LogP contribution in [0, 0.1) is 0 Å². The fourth-order valence-electron chi connectivity index (χ4n) is 0.788. The lowest BCUT2D eigenvalue weighted by Crippen LogP contribution is -1.99. The lowest BCUT2D eigenvalue weighted by atomic mass is 10.6. The molecule has 3 heteroatoms. The largest absolute Gasteiger partial charge is 0.295 e. The molecule has 2 aliphatic rings. The fraction of sp³-hybridized carbons (Fsp3) is 0.500. The number of aliphatic imine (C=N–C) groups is 1. The number of rotatable bonds is 0. The average Bonchev–Trinajstić information content (AvgIpc) is 2.26. The predicted molar refractivity (Wildman–Crippen MR) is 24.0 cm³/mol. The van der Waals surface area contributed by atoms with Crippen LogP contribution in [-0.4, -0.2) is 29.7 Å². The summed E-state index contributed by atoms with van der Waals surface area (Å²) in [6, 6.07) is 0. The molecule has 2 rings (SSSR count). The molecule has 36 valence electrons. The van der Waals surface area contributed by atoms with E-state index in [1.54, 1.807) is 4.90 Å². The van der Waals surface area contributed by atoms with Crippen molar-refractivity contribution < 1.29 is 4.79 Å². The Balaban J connectivity index is 2.43. The lowest BCUT2D eigenvalue weighted by Gasteiger charge is -1.81. The van der Waals surface area contributed by atoms with Crippen LogP contribution >= 0.6 is 0 Å². The summed E-state index contributed by atoms with van der Waals surface area (Å²) >= 11 is 0. The molecule has 0 aliphatic carbocycles. The second kappa shape index (κ2) is 0.710. The highest BCUT2D eigenvalue weighted by molar-refractivity contribution is 6.57. The van der Waals surface area contributed by atoms with E-state index in [9.17, 15) is 4.79 Å². The molecule has 0 aromatic heterocycles. The Kier molecular flexibility index (Phi) is 0.323. The number of amidine groups is 1. The van der Waals surface area contributed by atoms with E-state index in [2.05, 4.69) is 4.99 Å². The summed E-state index contributed by atoms with van der Waals surface area (Å²) in [5.74, 6) is 0.825. The van der Waals surface area contributed by atoms with Crippen LogP contribution in [0.15, 0.2) is 4.99 Å². The number of carbonyl (C=O) groups is 1. The van der Waals surface area contributed by atoms with Gasteiger partial charge in [0.1, 0.15) is 0 Å². The Morgan fingerprint density at radius 2 is 2.57 bits per heavy atom. The maximum atomic E-state index is 10.3. The van der Waals surface area contributed by atoms with Gasteiger partial charge in [-0.3, -0.25) is 14.7 Å². The van der Waals surface area contributed by atoms with Crippen LogP contribution in [0.3, 0.4) is 0 Å². The molecular formula is C4H4N2O. The fourth-order valence-corrected chi connectivity index (χ4v) is 0.788.